The van der Waals surface area contributed by atoms with Crippen LogP contribution in [-0.4, -0.2) is 25.9 Å². The third-order valence-corrected chi connectivity index (χ3v) is 5.11. The molecule has 2 N–H and O–H groups in total. The molecule has 0 aliphatic carbocycles. The Balaban J connectivity index is 1.92. The number of hydrogen-bond donors (Lipinski definition) is 2. The Labute approximate surface area is 135 Å². The van der Waals surface area contributed by atoms with Crippen molar-refractivity contribution in [3.8, 4) is 0 Å². The van der Waals surface area contributed by atoms with Gasteiger partial charge in [-0.3, -0.25) is 9.11 Å². The van der Waals surface area contributed by atoms with Crippen molar-refractivity contribution in [3.63, 3.8) is 0 Å². The molecular formula is C15H16O6S2. The van der Waals surface area contributed by atoms with E-state index in [0.29, 0.717) is 12.8 Å². The van der Waals surface area contributed by atoms with Crippen LogP contribution in [0.3, 0.4) is 0 Å². The fraction of sp³-hybridized carbons (Fsp3) is 0.200. The van der Waals surface area contributed by atoms with Gasteiger partial charge in [0.2, 0.25) is 0 Å². The zero-order valence-electron chi connectivity index (χ0n) is 12.1. The van der Waals surface area contributed by atoms with Crippen LogP contribution >= 0.6 is 0 Å². The minimum absolute atomic E-state index is 0.137. The van der Waals surface area contributed by atoms with E-state index >= 15 is 0 Å². The minimum Gasteiger partial charge on any atom is -0.282 e. The summed E-state index contributed by atoms with van der Waals surface area (Å²) in [7, 11) is -8.34. The lowest BCUT2D eigenvalue weighted by Crippen LogP contribution is -1.99. The largest absolute Gasteiger partial charge is 0.294 e. The molecule has 2 rings (SSSR count). The Morgan fingerprint density at radius 1 is 0.609 bits per heavy atom. The van der Waals surface area contributed by atoms with Crippen molar-refractivity contribution < 1.29 is 25.9 Å². The molecule has 124 valence electrons. The molecule has 0 unspecified atom stereocenters. The van der Waals surface area contributed by atoms with Crippen LogP contribution < -0.4 is 0 Å². The van der Waals surface area contributed by atoms with E-state index in [1.165, 1.54) is 24.3 Å². The van der Waals surface area contributed by atoms with Crippen molar-refractivity contribution >= 4 is 20.2 Å². The van der Waals surface area contributed by atoms with Gasteiger partial charge in [0.25, 0.3) is 20.2 Å². The van der Waals surface area contributed by atoms with Gasteiger partial charge < -0.3 is 0 Å². The molecule has 0 aromatic heterocycles. The maximum atomic E-state index is 10.9. The smallest absolute Gasteiger partial charge is 0.282 e. The number of hydrogen-bond acceptors (Lipinski definition) is 4. The first-order chi connectivity index (χ1) is 10.7. The minimum atomic E-state index is -4.17. The molecule has 0 saturated carbocycles. The molecule has 0 bridgehead atoms. The lowest BCUT2D eigenvalue weighted by Gasteiger charge is -2.04. The molecule has 0 atom stereocenters. The van der Waals surface area contributed by atoms with E-state index in [-0.39, 0.29) is 9.79 Å². The summed E-state index contributed by atoms with van der Waals surface area (Å²) in [5, 5.41) is 0. The molecule has 0 fully saturated rings. The fourth-order valence-corrected chi connectivity index (χ4v) is 3.11. The van der Waals surface area contributed by atoms with Gasteiger partial charge in [0, 0.05) is 0 Å². The molecule has 0 saturated heterocycles. The topological polar surface area (TPSA) is 109 Å². The van der Waals surface area contributed by atoms with Crippen LogP contribution in [0.1, 0.15) is 17.5 Å². The molecule has 0 aliphatic heterocycles. The van der Waals surface area contributed by atoms with Gasteiger partial charge in [-0.15, -0.1) is 0 Å². The Morgan fingerprint density at radius 3 is 1.17 bits per heavy atom. The van der Waals surface area contributed by atoms with Gasteiger partial charge in [0.15, 0.2) is 0 Å². The second-order valence-electron chi connectivity index (χ2n) is 5.09. The van der Waals surface area contributed by atoms with Gasteiger partial charge >= 0.3 is 0 Å². The molecule has 0 aliphatic rings. The molecule has 0 radical (unpaired) electrons. The van der Waals surface area contributed by atoms with Crippen LogP contribution in [0.15, 0.2) is 58.3 Å². The van der Waals surface area contributed by atoms with Crippen LogP contribution in [0.2, 0.25) is 0 Å². The highest BCUT2D eigenvalue weighted by Crippen LogP contribution is 2.14. The Kier molecular flexibility index (Phi) is 5.20. The van der Waals surface area contributed by atoms with Crippen molar-refractivity contribution in [1.29, 1.82) is 0 Å². The summed E-state index contributed by atoms with van der Waals surface area (Å²) < 4.78 is 61.5. The second-order valence-corrected chi connectivity index (χ2v) is 7.93. The van der Waals surface area contributed by atoms with Crippen molar-refractivity contribution in [2.75, 3.05) is 0 Å². The van der Waals surface area contributed by atoms with Crippen LogP contribution in [0, 0.1) is 0 Å². The van der Waals surface area contributed by atoms with Crippen LogP contribution in [0.25, 0.3) is 0 Å². The Hall–Kier alpha value is -1.74. The first-order valence-corrected chi connectivity index (χ1v) is 9.67. The summed E-state index contributed by atoms with van der Waals surface area (Å²) >= 11 is 0. The first kappa shape index (κ1) is 17.6. The van der Waals surface area contributed by atoms with Crippen molar-refractivity contribution in [3.05, 3.63) is 59.7 Å². The molecule has 23 heavy (non-hydrogen) atoms. The van der Waals surface area contributed by atoms with Crippen molar-refractivity contribution in [2.45, 2.75) is 29.1 Å². The number of rotatable bonds is 6. The van der Waals surface area contributed by atoms with Gasteiger partial charge in [-0.1, -0.05) is 24.3 Å². The third-order valence-electron chi connectivity index (χ3n) is 3.37. The SMILES string of the molecule is O=S(=O)(O)c1ccc(CCCc2ccc(S(=O)(=O)O)cc2)cc1. The highest BCUT2D eigenvalue weighted by molar-refractivity contribution is 7.86. The molecule has 6 nitrogen and oxygen atoms in total. The zero-order chi connectivity index (χ0) is 17.1. The third kappa shape index (κ3) is 5.14. The molecule has 0 heterocycles. The number of aryl methyl sites for hydroxylation is 2. The van der Waals surface area contributed by atoms with Crippen LogP contribution in [0.5, 0.6) is 0 Å². The lowest BCUT2D eigenvalue weighted by atomic mass is 10.0. The van der Waals surface area contributed by atoms with Gasteiger partial charge in [-0.2, -0.15) is 16.8 Å². The first-order valence-electron chi connectivity index (χ1n) is 6.79. The van der Waals surface area contributed by atoms with E-state index < -0.39 is 20.2 Å². The molecular weight excluding hydrogens is 340 g/mol. The maximum Gasteiger partial charge on any atom is 0.294 e. The predicted molar refractivity (Wildman–Crippen MR) is 84.5 cm³/mol. The normalized spacial score (nSPS) is 12.3. The fourth-order valence-electron chi connectivity index (χ4n) is 2.15. The summed E-state index contributed by atoms with van der Waals surface area (Å²) in [4.78, 5) is -0.274. The molecule has 0 amide bonds. The van der Waals surface area contributed by atoms with Gasteiger partial charge in [-0.25, -0.2) is 0 Å². The maximum absolute atomic E-state index is 10.9. The quantitative estimate of drug-likeness (QED) is 0.769. The molecule has 2 aromatic rings. The molecule has 8 heteroatoms. The van der Waals surface area contributed by atoms with Crippen LogP contribution in [0.4, 0.5) is 0 Å². The summed E-state index contributed by atoms with van der Waals surface area (Å²) in [5.74, 6) is 0. The van der Waals surface area contributed by atoms with E-state index in [1.807, 2.05) is 0 Å². The lowest BCUT2D eigenvalue weighted by molar-refractivity contribution is 0.481. The van der Waals surface area contributed by atoms with Crippen molar-refractivity contribution in [1.82, 2.24) is 0 Å². The average molecular weight is 356 g/mol. The molecule has 0 spiro atoms. The van der Waals surface area contributed by atoms with E-state index in [1.54, 1.807) is 24.3 Å². The standard InChI is InChI=1S/C15H16O6S2/c16-22(17,18)14-8-4-12(5-9-14)2-1-3-13-6-10-15(11-7-13)23(19,20)21/h4-11H,1-3H2,(H,16,17,18)(H,19,20,21). The predicted octanol–water partition coefficient (Wildman–Crippen LogP) is 2.36. The summed E-state index contributed by atoms with van der Waals surface area (Å²) in [6, 6.07) is 12.0. The highest BCUT2D eigenvalue weighted by Gasteiger charge is 2.09. The van der Waals surface area contributed by atoms with E-state index in [2.05, 4.69) is 0 Å². The monoisotopic (exact) mass is 356 g/mol. The van der Waals surface area contributed by atoms with Gasteiger partial charge in [-0.05, 0) is 54.7 Å². The molecule has 2 aromatic carbocycles. The number of benzene rings is 2. The Bertz CT molecular complexity index is 791. The van der Waals surface area contributed by atoms with Gasteiger partial charge in [0.05, 0.1) is 9.79 Å². The summed E-state index contributed by atoms with van der Waals surface area (Å²) in [6.45, 7) is 0. The van der Waals surface area contributed by atoms with Gasteiger partial charge in [0.1, 0.15) is 0 Å². The Morgan fingerprint density at radius 2 is 0.913 bits per heavy atom. The van der Waals surface area contributed by atoms with Crippen LogP contribution in [-0.2, 0) is 33.1 Å². The van der Waals surface area contributed by atoms with Crippen molar-refractivity contribution in [2.24, 2.45) is 0 Å². The zero-order valence-corrected chi connectivity index (χ0v) is 13.7. The summed E-state index contributed by atoms with van der Waals surface area (Å²) in [6.07, 6.45) is 2.22. The highest BCUT2D eigenvalue weighted by atomic mass is 32.2. The second kappa shape index (κ2) is 6.79. The average Bonchev–Trinajstić information content (AvgIpc) is 2.46. The van der Waals surface area contributed by atoms with E-state index in [9.17, 15) is 16.8 Å². The van der Waals surface area contributed by atoms with E-state index in [0.717, 1.165) is 17.5 Å². The summed E-state index contributed by atoms with van der Waals surface area (Å²) in [5.41, 5.74) is 1.87. The van der Waals surface area contributed by atoms with E-state index in [4.69, 9.17) is 9.11 Å².